The van der Waals surface area contributed by atoms with E-state index in [-0.39, 0.29) is 24.1 Å². The van der Waals surface area contributed by atoms with Crippen molar-refractivity contribution in [2.24, 2.45) is 0 Å². The molecule has 42 heavy (non-hydrogen) atoms. The Morgan fingerprint density at radius 1 is 1.10 bits per heavy atom. The fourth-order valence-corrected chi connectivity index (χ4v) is 7.08. The van der Waals surface area contributed by atoms with E-state index in [0.717, 1.165) is 16.4 Å². The Labute approximate surface area is 241 Å². The van der Waals surface area contributed by atoms with Crippen LogP contribution in [0.3, 0.4) is 0 Å². The molecule has 0 unspecified atom stereocenters. The molecule has 1 saturated carbocycles. The molecule has 9 nitrogen and oxygen atoms in total. The van der Waals surface area contributed by atoms with Gasteiger partial charge in [-0.05, 0) is 43.5 Å². The van der Waals surface area contributed by atoms with Crippen LogP contribution in [0.2, 0.25) is 0 Å². The van der Waals surface area contributed by atoms with Crippen LogP contribution in [0.5, 0.6) is 0 Å². The monoisotopic (exact) mass is 616 g/mol. The summed E-state index contributed by atoms with van der Waals surface area (Å²) in [7, 11) is 0. The fourth-order valence-electron chi connectivity index (χ4n) is 5.41. The van der Waals surface area contributed by atoms with E-state index < -0.39 is 83.5 Å². The zero-order valence-corrected chi connectivity index (χ0v) is 23.1. The number of pyridine rings is 1. The molecule has 1 saturated heterocycles. The van der Waals surface area contributed by atoms with Crippen molar-refractivity contribution in [2.45, 2.75) is 79.2 Å². The second-order valence-electron chi connectivity index (χ2n) is 10.7. The second kappa shape index (κ2) is 11.8. The number of benzene rings is 1. The zero-order valence-electron chi connectivity index (χ0n) is 22.2. The number of aromatic nitrogens is 4. The molecule has 0 bridgehead atoms. The molecule has 3 heterocycles. The maximum absolute atomic E-state index is 14.1. The van der Waals surface area contributed by atoms with Gasteiger partial charge in [-0.2, -0.15) is 0 Å². The largest absolute Gasteiger partial charge is 0.394 e. The lowest BCUT2D eigenvalue weighted by Gasteiger charge is -2.46. The minimum atomic E-state index is -2.93. The van der Waals surface area contributed by atoms with Gasteiger partial charge in [0.25, 0.3) is 0 Å². The molecule has 1 aliphatic heterocycles. The molecule has 0 amide bonds. The van der Waals surface area contributed by atoms with Crippen LogP contribution in [0.4, 0.5) is 22.0 Å². The highest BCUT2D eigenvalue weighted by Gasteiger charge is 2.52. The first kappa shape index (κ1) is 30.8. The molecular formula is C27H29F5N4O5S. The Kier molecular flexibility index (Phi) is 8.62. The van der Waals surface area contributed by atoms with Gasteiger partial charge in [-0.15, -0.1) is 16.9 Å². The molecule has 3 aromatic rings. The van der Waals surface area contributed by atoms with E-state index in [1.807, 2.05) is 0 Å². The number of hydrogen-bond acceptors (Lipinski definition) is 9. The standard InChI is InChI=1S/C27H29F5N4O5S/c1-13-3-2-8-33-20(13)24(26(40)4-6-27(31,32)7-5-26)42-25-23(39)21(22(38)18(12-37)41-25)36-11-17(34-35-36)14-9-15(28)19(30)16(29)10-14/h2-3,8-11,18,21-25,37-40H,4-7,12H2,1H3/t18-,21+,22+,23-,24-,25+/m1/s1. The summed E-state index contributed by atoms with van der Waals surface area (Å²) in [6.45, 7) is 1.07. The van der Waals surface area contributed by atoms with E-state index in [1.54, 1.807) is 19.1 Å². The van der Waals surface area contributed by atoms with Gasteiger partial charge < -0.3 is 25.2 Å². The van der Waals surface area contributed by atoms with Crippen molar-refractivity contribution in [3.63, 3.8) is 0 Å². The van der Waals surface area contributed by atoms with Gasteiger partial charge in [-0.25, -0.2) is 26.6 Å². The number of halogens is 5. The SMILES string of the molecule is Cc1cccnc1[C@@H](S[C@@H]1O[C@H](CO)[C@H](O)[C@H](n2cc(-c3cc(F)c(F)c(F)c3)nn2)[C@H]1O)C1(O)CCC(F)(F)CC1. The second-order valence-corrected chi connectivity index (χ2v) is 11.9. The van der Waals surface area contributed by atoms with Gasteiger partial charge in [-0.3, -0.25) is 4.98 Å². The van der Waals surface area contributed by atoms with Gasteiger partial charge in [0.15, 0.2) is 17.5 Å². The van der Waals surface area contributed by atoms with Crippen LogP contribution >= 0.6 is 11.8 Å². The van der Waals surface area contributed by atoms with Crippen molar-refractivity contribution in [3.8, 4) is 11.3 Å². The predicted molar refractivity (Wildman–Crippen MR) is 140 cm³/mol. The third-order valence-corrected chi connectivity index (χ3v) is 9.44. The predicted octanol–water partition coefficient (Wildman–Crippen LogP) is 3.46. The number of thioether (sulfide) groups is 1. The number of rotatable bonds is 7. The number of aryl methyl sites for hydroxylation is 1. The summed E-state index contributed by atoms with van der Waals surface area (Å²) in [5.74, 6) is -7.48. The van der Waals surface area contributed by atoms with Crippen molar-refractivity contribution in [2.75, 3.05) is 6.61 Å². The first-order valence-corrected chi connectivity index (χ1v) is 14.1. The average Bonchev–Trinajstić information content (AvgIpc) is 3.43. The van der Waals surface area contributed by atoms with Crippen LogP contribution < -0.4 is 0 Å². The van der Waals surface area contributed by atoms with Crippen LogP contribution in [0, 0.1) is 24.4 Å². The Balaban J connectivity index is 1.47. The van der Waals surface area contributed by atoms with Crippen LogP contribution in [0.1, 0.15) is 48.2 Å². The minimum absolute atomic E-state index is 0.0946. The van der Waals surface area contributed by atoms with E-state index in [0.29, 0.717) is 23.4 Å². The fraction of sp³-hybridized carbons (Fsp3) is 0.519. The van der Waals surface area contributed by atoms with Crippen LogP contribution in [0.15, 0.2) is 36.7 Å². The minimum Gasteiger partial charge on any atom is -0.394 e. The lowest BCUT2D eigenvalue weighted by molar-refractivity contribution is -0.179. The summed E-state index contributed by atoms with van der Waals surface area (Å²) in [6, 6.07) is 3.55. The molecule has 228 valence electrons. The van der Waals surface area contributed by atoms with Gasteiger partial charge in [0, 0.05) is 24.6 Å². The van der Waals surface area contributed by atoms with Crippen molar-refractivity contribution >= 4 is 11.8 Å². The molecule has 2 fully saturated rings. The molecule has 5 rings (SSSR count). The molecule has 1 aliphatic carbocycles. The molecule has 15 heteroatoms. The van der Waals surface area contributed by atoms with Gasteiger partial charge in [0.05, 0.1) is 29.3 Å². The zero-order chi connectivity index (χ0) is 30.4. The average molecular weight is 617 g/mol. The van der Waals surface area contributed by atoms with Gasteiger partial charge in [0.2, 0.25) is 5.92 Å². The maximum Gasteiger partial charge on any atom is 0.248 e. The molecule has 2 aliphatic rings. The number of hydrogen-bond donors (Lipinski definition) is 4. The first-order chi connectivity index (χ1) is 19.8. The third kappa shape index (κ3) is 5.90. The Bertz CT molecular complexity index is 1400. The number of ether oxygens (including phenoxy) is 1. The number of aliphatic hydroxyl groups is 4. The summed E-state index contributed by atoms with van der Waals surface area (Å²) < 4.78 is 76.1. The Hall–Kier alpha value is -2.69. The molecule has 4 N–H and O–H groups in total. The summed E-state index contributed by atoms with van der Waals surface area (Å²) in [6.07, 6.45) is -3.26. The highest BCUT2D eigenvalue weighted by atomic mass is 32.2. The van der Waals surface area contributed by atoms with Crippen molar-refractivity contribution < 1.29 is 47.1 Å². The van der Waals surface area contributed by atoms with Crippen molar-refractivity contribution in [1.29, 1.82) is 0 Å². The molecule has 2 aromatic heterocycles. The van der Waals surface area contributed by atoms with E-state index >= 15 is 0 Å². The molecular weight excluding hydrogens is 587 g/mol. The Morgan fingerprint density at radius 3 is 2.38 bits per heavy atom. The number of aliphatic hydroxyl groups excluding tert-OH is 3. The summed E-state index contributed by atoms with van der Waals surface area (Å²) in [4.78, 5) is 4.39. The van der Waals surface area contributed by atoms with Gasteiger partial charge >= 0.3 is 0 Å². The first-order valence-electron chi connectivity index (χ1n) is 13.2. The smallest absolute Gasteiger partial charge is 0.248 e. The van der Waals surface area contributed by atoms with E-state index in [4.69, 9.17) is 4.74 Å². The lowest BCUT2D eigenvalue weighted by Crippen LogP contribution is -2.55. The molecule has 0 spiro atoms. The van der Waals surface area contributed by atoms with Crippen molar-refractivity contribution in [1.82, 2.24) is 20.0 Å². The molecule has 0 radical (unpaired) electrons. The number of nitrogens with zero attached hydrogens (tertiary/aromatic N) is 4. The topological polar surface area (TPSA) is 134 Å². The lowest BCUT2D eigenvalue weighted by atomic mass is 9.79. The Morgan fingerprint density at radius 2 is 1.76 bits per heavy atom. The van der Waals surface area contributed by atoms with E-state index in [1.165, 1.54) is 12.4 Å². The number of alkyl halides is 2. The van der Waals surface area contributed by atoms with Crippen LogP contribution in [-0.2, 0) is 4.74 Å². The highest BCUT2D eigenvalue weighted by Crippen LogP contribution is 2.52. The molecule has 1 aromatic carbocycles. The van der Waals surface area contributed by atoms with Gasteiger partial charge in [-0.1, -0.05) is 11.3 Å². The van der Waals surface area contributed by atoms with E-state index in [9.17, 15) is 42.4 Å². The summed E-state index contributed by atoms with van der Waals surface area (Å²) in [5, 5.41) is 50.8. The summed E-state index contributed by atoms with van der Waals surface area (Å²) >= 11 is 0.921. The quantitative estimate of drug-likeness (QED) is 0.233. The maximum atomic E-state index is 14.1. The van der Waals surface area contributed by atoms with Crippen LogP contribution in [0.25, 0.3) is 11.3 Å². The normalized spacial score (nSPS) is 28.0. The molecule has 6 atom stereocenters. The van der Waals surface area contributed by atoms with E-state index in [2.05, 4.69) is 15.3 Å². The van der Waals surface area contributed by atoms with Crippen molar-refractivity contribution in [3.05, 3.63) is 65.4 Å². The summed E-state index contributed by atoms with van der Waals surface area (Å²) in [5.41, 5.74) is -2.06. The third-order valence-electron chi connectivity index (χ3n) is 7.85. The van der Waals surface area contributed by atoms with Crippen LogP contribution in [-0.4, -0.2) is 82.3 Å². The van der Waals surface area contributed by atoms with Gasteiger partial charge in [0.1, 0.15) is 35.5 Å². The highest BCUT2D eigenvalue weighted by molar-refractivity contribution is 8.00.